The zero-order valence-electron chi connectivity index (χ0n) is 13.3. The van der Waals surface area contributed by atoms with Gasteiger partial charge in [-0.15, -0.1) is 11.3 Å². The van der Waals surface area contributed by atoms with Gasteiger partial charge in [-0.25, -0.2) is 4.98 Å². The van der Waals surface area contributed by atoms with Crippen molar-refractivity contribution in [3.05, 3.63) is 11.1 Å². The molecule has 2 rings (SSSR count). The first-order chi connectivity index (χ1) is 12.1. The maximum Gasteiger partial charge on any atom is 0.365 e. The van der Waals surface area contributed by atoms with Crippen molar-refractivity contribution in [3.8, 4) is 0 Å². The summed E-state index contributed by atoms with van der Waals surface area (Å²) in [7, 11) is -3.82. The number of nitrogens with one attached hydrogen (secondary N) is 1. The van der Waals surface area contributed by atoms with Gasteiger partial charge < -0.3 is 20.6 Å². The first-order valence-electron chi connectivity index (χ1n) is 6.67. The topological polar surface area (TPSA) is 191 Å². The van der Waals surface area contributed by atoms with Crippen LogP contribution in [0, 0.1) is 0 Å². The number of anilines is 1. The second-order valence-corrected chi connectivity index (χ2v) is 6.94. The molecule has 1 fully saturated rings. The van der Waals surface area contributed by atoms with Crippen LogP contribution in [-0.4, -0.2) is 65.1 Å². The third-order valence-corrected chi connectivity index (χ3v) is 4.54. The van der Waals surface area contributed by atoms with Crippen LogP contribution in [0.3, 0.4) is 0 Å². The highest BCUT2D eigenvalue weighted by atomic mass is 32.2. The quantitative estimate of drug-likeness (QED) is 0.158. The van der Waals surface area contributed by atoms with Crippen LogP contribution in [-0.2, 0) is 34.3 Å². The molecule has 13 nitrogen and oxygen atoms in total. The normalized spacial score (nSPS) is 20.3. The molecular weight excluding hydrogens is 394 g/mol. The van der Waals surface area contributed by atoms with Crippen LogP contribution in [0.4, 0.5) is 5.13 Å². The van der Waals surface area contributed by atoms with Gasteiger partial charge >= 0.3 is 16.3 Å². The summed E-state index contributed by atoms with van der Waals surface area (Å²) in [6.45, 7) is 0.958. The van der Waals surface area contributed by atoms with E-state index in [0.29, 0.717) is 0 Å². The Balaban J connectivity index is 2.24. The number of β-lactam (4-membered cyclic amide) rings is 1. The maximum absolute atomic E-state index is 12.4. The van der Waals surface area contributed by atoms with Crippen LogP contribution in [0.2, 0.25) is 0 Å². The molecule has 2 atom stereocenters. The predicted octanol–water partition coefficient (Wildman–Crippen LogP) is -1.91. The predicted molar refractivity (Wildman–Crippen MR) is 86.0 cm³/mol. The van der Waals surface area contributed by atoms with Gasteiger partial charge in [0, 0.05) is 12.3 Å². The number of ether oxygens (including phenoxy) is 1. The first-order valence-corrected chi connectivity index (χ1v) is 8.95. The number of aromatic nitrogens is 1. The van der Waals surface area contributed by atoms with Gasteiger partial charge in [0.15, 0.2) is 16.9 Å². The summed E-state index contributed by atoms with van der Waals surface area (Å²) in [5.74, 6) is -3.11. The van der Waals surface area contributed by atoms with E-state index in [2.05, 4.69) is 25.0 Å². The van der Waals surface area contributed by atoms with Gasteiger partial charge in [0.25, 0.3) is 11.8 Å². The van der Waals surface area contributed by atoms with Gasteiger partial charge in [-0.2, -0.15) is 12.7 Å². The summed E-state index contributed by atoms with van der Waals surface area (Å²) in [4.78, 5) is 43.8. The Morgan fingerprint density at radius 2 is 2.15 bits per heavy atom. The van der Waals surface area contributed by atoms with Crippen molar-refractivity contribution < 1.29 is 36.9 Å². The third kappa shape index (κ3) is 3.89. The summed E-state index contributed by atoms with van der Waals surface area (Å²) in [6.07, 6.45) is -1.75. The molecule has 0 aromatic carbocycles. The minimum absolute atomic E-state index is 0.0503. The molecule has 0 radical (unpaired) electrons. The Bertz CT molecular complexity index is 879. The van der Waals surface area contributed by atoms with Crippen molar-refractivity contribution in [2.24, 2.45) is 5.16 Å². The number of nitrogens with zero attached hydrogens (tertiary/aromatic N) is 3. The van der Waals surface area contributed by atoms with Gasteiger partial charge in [-0.3, -0.25) is 18.9 Å². The van der Waals surface area contributed by atoms with Crippen molar-refractivity contribution in [3.63, 3.8) is 0 Å². The minimum Gasteiger partial charge on any atom is -0.438 e. The number of rotatable bonds is 6. The van der Waals surface area contributed by atoms with Crippen LogP contribution < -0.4 is 11.1 Å². The lowest BCUT2D eigenvalue weighted by Gasteiger charge is -2.42. The number of carbonyl (C=O) groups is 3. The second kappa shape index (κ2) is 7.22. The molecule has 1 aliphatic heterocycles. The van der Waals surface area contributed by atoms with E-state index < -0.39 is 40.4 Å². The Kier molecular flexibility index (Phi) is 5.43. The molecule has 26 heavy (non-hydrogen) atoms. The molecule has 2 amide bonds. The van der Waals surface area contributed by atoms with E-state index in [1.165, 1.54) is 12.5 Å². The first kappa shape index (κ1) is 19.5. The Morgan fingerprint density at radius 1 is 1.50 bits per heavy atom. The largest absolute Gasteiger partial charge is 0.438 e. The summed E-state index contributed by atoms with van der Waals surface area (Å²) >= 11 is 1.02. The molecule has 0 aliphatic carbocycles. The van der Waals surface area contributed by atoms with E-state index >= 15 is 0 Å². The average Bonchev–Trinajstić information content (AvgIpc) is 2.94. The number of thiazole rings is 1. The number of nitrogen functional groups attached to an aromatic ring is 1. The summed E-state index contributed by atoms with van der Waals surface area (Å²) in [5, 5.41) is 7.19. The van der Waals surface area contributed by atoms with E-state index in [1.807, 2.05) is 0 Å². The van der Waals surface area contributed by atoms with Crippen LogP contribution >= 0.6 is 11.3 Å². The molecular formula is C11H13N5O8S2. The van der Waals surface area contributed by atoms with E-state index in [4.69, 9.17) is 10.3 Å². The van der Waals surface area contributed by atoms with Crippen LogP contribution in [0.5, 0.6) is 0 Å². The second-order valence-electron chi connectivity index (χ2n) is 4.76. The fourth-order valence-corrected chi connectivity index (χ4v) is 3.32. The molecule has 1 aromatic rings. The molecule has 2 heterocycles. The SMILES string of the molecule is CO/N=C(\C(=O)N[C@H]1C(=O)N(S(=O)(=O)O)[C@@H]1OC(C)=O)c1csc(N)n1. The van der Waals surface area contributed by atoms with Crippen molar-refractivity contribution in [2.45, 2.75) is 19.2 Å². The number of carbonyl (C=O) groups excluding carboxylic acids is 3. The molecule has 15 heteroatoms. The summed E-state index contributed by atoms with van der Waals surface area (Å²) in [5.41, 5.74) is 5.19. The van der Waals surface area contributed by atoms with Crippen LogP contribution in [0.1, 0.15) is 12.6 Å². The molecule has 0 saturated carbocycles. The highest BCUT2D eigenvalue weighted by Gasteiger charge is 2.56. The lowest BCUT2D eigenvalue weighted by molar-refractivity contribution is -0.178. The van der Waals surface area contributed by atoms with E-state index in [9.17, 15) is 22.8 Å². The highest BCUT2D eigenvalue weighted by molar-refractivity contribution is 7.84. The molecule has 142 valence electrons. The average molecular weight is 407 g/mol. The summed E-state index contributed by atoms with van der Waals surface area (Å²) < 4.78 is 36.0. The van der Waals surface area contributed by atoms with E-state index in [0.717, 1.165) is 18.3 Å². The van der Waals surface area contributed by atoms with Gasteiger partial charge in [-0.1, -0.05) is 5.16 Å². The summed E-state index contributed by atoms with van der Waals surface area (Å²) in [6, 6.07) is -1.56. The van der Waals surface area contributed by atoms with E-state index in [1.54, 1.807) is 0 Å². The monoisotopic (exact) mass is 407 g/mol. The molecule has 1 aromatic heterocycles. The van der Waals surface area contributed by atoms with Crippen LogP contribution in [0.15, 0.2) is 10.5 Å². The fourth-order valence-electron chi connectivity index (χ4n) is 2.00. The Labute approximate surface area is 150 Å². The lowest BCUT2D eigenvalue weighted by Crippen LogP contribution is -2.73. The molecule has 1 saturated heterocycles. The number of esters is 1. The molecule has 1 aliphatic rings. The standard InChI is InChI=1S/C11H13N5O8S2/c1-4(17)24-10-7(9(19)16(10)26(20,21)22)14-8(18)6(15-23-2)5-3-25-11(12)13-5/h3,7,10H,1-2H3,(H2,12,13)(H,14,18)(H,20,21,22)/b15-6-/t7-,10+/m0/s1. The molecule has 0 bridgehead atoms. The fraction of sp³-hybridized carbons (Fsp3) is 0.364. The van der Waals surface area contributed by atoms with Crippen molar-refractivity contribution in [2.75, 3.05) is 12.8 Å². The number of nitrogens with two attached hydrogens (primary N) is 1. The number of oxime groups is 1. The Morgan fingerprint density at radius 3 is 2.62 bits per heavy atom. The van der Waals surface area contributed by atoms with Crippen molar-refractivity contribution in [1.82, 2.24) is 14.6 Å². The van der Waals surface area contributed by atoms with Crippen molar-refractivity contribution in [1.29, 1.82) is 0 Å². The van der Waals surface area contributed by atoms with Gasteiger partial charge in [0.1, 0.15) is 12.8 Å². The smallest absolute Gasteiger partial charge is 0.365 e. The molecule has 0 unspecified atom stereocenters. The zero-order chi connectivity index (χ0) is 19.6. The van der Waals surface area contributed by atoms with Crippen molar-refractivity contribution >= 4 is 50.3 Å². The highest BCUT2D eigenvalue weighted by Crippen LogP contribution is 2.25. The number of amides is 2. The van der Waals surface area contributed by atoms with E-state index in [-0.39, 0.29) is 20.8 Å². The zero-order valence-corrected chi connectivity index (χ0v) is 14.9. The van der Waals surface area contributed by atoms with Gasteiger partial charge in [0.2, 0.25) is 6.23 Å². The lowest BCUT2D eigenvalue weighted by atomic mass is 10.1. The molecule has 0 spiro atoms. The third-order valence-electron chi connectivity index (χ3n) is 2.98. The Hall–Kier alpha value is -2.78. The van der Waals surface area contributed by atoms with Crippen LogP contribution in [0.25, 0.3) is 0 Å². The minimum atomic E-state index is -4.98. The van der Waals surface area contributed by atoms with Gasteiger partial charge in [0.05, 0.1) is 0 Å². The number of hydrogen-bond donors (Lipinski definition) is 3. The van der Waals surface area contributed by atoms with Gasteiger partial charge in [-0.05, 0) is 0 Å². The maximum atomic E-state index is 12.4. The number of hydrogen-bond acceptors (Lipinski definition) is 11. The molecule has 4 N–H and O–H groups in total.